The topological polar surface area (TPSA) is 47.6 Å². The molecule has 2 aliphatic heterocycles. The van der Waals surface area contributed by atoms with Crippen LogP contribution in [0.1, 0.15) is 58.8 Å². The van der Waals surface area contributed by atoms with Crippen LogP contribution >= 0.6 is 0 Å². The molecule has 4 fully saturated rings. The number of halogens is 1. The van der Waals surface area contributed by atoms with Gasteiger partial charge in [0.25, 0.3) is 0 Å². The smallest absolute Gasteiger partial charge is 0.237 e. The van der Waals surface area contributed by atoms with Gasteiger partial charge in [-0.1, -0.05) is 6.92 Å². The van der Waals surface area contributed by atoms with Crippen molar-refractivity contribution in [1.82, 2.24) is 20.4 Å². The van der Waals surface area contributed by atoms with Crippen LogP contribution in [0, 0.1) is 11.8 Å². The van der Waals surface area contributed by atoms with E-state index in [4.69, 9.17) is 0 Å². The van der Waals surface area contributed by atoms with Crippen LogP contribution in [0.5, 0.6) is 0 Å². The molecule has 4 rings (SSSR count). The molecule has 2 N–H and O–H groups in total. The molecule has 2 aliphatic carbocycles. The van der Waals surface area contributed by atoms with Crippen molar-refractivity contribution in [2.45, 2.75) is 95.2 Å². The molecule has 2 heterocycles. The lowest BCUT2D eigenvalue weighted by atomic mass is 9.77. The maximum Gasteiger partial charge on any atom is 0.237 e. The number of carbonyl (C=O) groups is 1. The van der Waals surface area contributed by atoms with E-state index in [2.05, 4.69) is 41.3 Å². The number of piperazine rings is 1. The fraction of sp³-hybridized carbons (Fsp3) is 0.955. The van der Waals surface area contributed by atoms with Crippen molar-refractivity contribution in [2.75, 3.05) is 26.7 Å². The van der Waals surface area contributed by atoms with Gasteiger partial charge in [0.2, 0.25) is 5.91 Å². The summed E-state index contributed by atoms with van der Waals surface area (Å²) in [4.78, 5) is 18.0. The average molecular weight is 395 g/mol. The Morgan fingerprint density at radius 3 is 2.68 bits per heavy atom. The Kier molecular flexibility index (Phi) is 6.29. The average Bonchev–Trinajstić information content (AvgIpc) is 3.12. The van der Waals surface area contributed by atoms with E-state index < -0.39 is 6.17 Å². The Morgan fingerprint density at radius 1 is 1.11 bits per heavy atom. The van der Waals surface area contributed by atoms with E-state index in [0.29, 0.717) is 30.8 Å². The van der Waals surface area contributed by atoms with Crippen LogP contribution in [0.2, 0.25) is 0 Å². The molecule has 8 unspecified atom stereocenters. The molecule has 0 aromatic carbocycles. The van der Waals surface area contributed by atoms with Gasteiger partial charge >= 0.3 is 0 Å². The molecule has 2 saturated carbocycles. The van der Waals surface area contributed by atoms with Gasteiger partial charge in [-0.25, -0.2) is 4.39 Å². The highest BCUT2D eigenvalue weighted by atomic mass is 19.1. The van der Waals surface area contributed by atoms with Crippen LogP contribution in [0.3, 0.4) is 0 Å². The molecule has 8 atom stereocenters. The number of amides is 1. The fourth-order valence-electron chi connectivity index (χ4n) is 6.39. The van der Waals surface area contributed by atoms with Crippen LogP contribution in [-0.2, 0) is 4.79 Å². The summed E-state index contributed by atoms with van der Waals surface area (Å²) in [5, 5.41) is 6.81. The third-order valence-electron chi connectivity index (χ3n) is 8.00. The van der Waals surface area contributed by atoms with Crippen molar-refractivity contribution in [2.24, 2.45) is 11.8 Å². The molecule has 1 amide bonds. The highest BCUT2D eigenvalue weighted by molar-refractivity contribution is 5.82. The first-order valence-electron chi connectivity index (χ1n) is 11.6. The van der Waals surface area contributed by atoms with Crippen molar-refractivity contribution in [3.8, 4) is 0 Å². The molecule has 28 heavy (non-hydrogen) atoms. The molecular weight excluding hydrogens is 355 g/mol. The lowest BCUT2D eigenvalue weighted by Crippen LogP contribution is -2.57. The van der Waals surface area contributed by atoms with E-state index in [-0.39, 0.29) is 30.0 Å². The molecule has 0 radical (unpaired) electrons. The van der Waals surface area contributed by atoms with Crippen LogP contribution in [0.25, 0.3) is 0 Å². The largest absolute Gasteiger partial charge is 0.352 e. The van der Waals surface area contributed by atoms with E-state index >= 15 is 0 Å². The number of nitrogens with zero attached hydrogens (tertiary/aromatic N) is 2. The first-order valence-corrected chi connectivity index (χ1v) is 11.6. The summed E-state index contributed by atoms with van der Waals surface area (Å²) in [6.45, 7) is 7.92. The third kappa shape index (κ3) is 4.24. The Bertz CT molecular complexity index is 543. The summed E-state index contributed by atoms with van der Waals surface area (Å²) >= 11 is 0. The molecule has 0 aromatic rings. The maximum atomic E-state index is 14.3. The number of fused-ring (bicyclic) bond motifs is 1. The lowest BCUT2D eigenvalue weighted by Gasteiger charge is -2.45. The van der Waals surface area contributed by atoms with Crippen molar-refractivity contribution in [3.63, 3.8) is 0 Å². The quantitative estimate of drug-likeness (QED) is 0.770. The second-order valence-electron chi connectivity index (χ2n) is 10.1. The molecule has 0 aromatic heterocycles. The minimum absolute atomic E-state index is 0.0183. The number of rotatable bonds is 3. The van der Waals surface area contributed by atoms with Gasteiger partial charge in [-0.05, 0) is 64.8 Å². The van der Waals surface area contributed by atoms with Gasteiger partial charge in [-0.15, -0.1) is 0 Å². The molecule has 5 nitrogen and oxygen atoms in total. The molecule has 2 saturated heterocycles. The van der Waals surface area contributed by atoms with Crippen molar-refractivity contribution < 1.29 is 9.18 Å². The standard InChI is InChI=1S/C22H39FN4O/c1-14-7-8-19(23)18-12-20(25-21(14)18)22(28)24-16-5-4-6-17(11-16)27-10-9-26(3)13-15(27)2/h14-21,25H,4-13H2,1-3H3,(H,24,28). The number of carbonyl (C=O) groups excluding carboxylic acids is 1. The maximum absolute atomic E-state index is 14.3. The Morgan fingerprint density at radius 2 is 1.93 bits per heavy atom. The van der Waals surface area contributed by atoms with Gasteiger partial charge in [0, 0.05) is 49.7 Å². The number of likely N-dealkylation sites (N-methyl/N-ethyl adjacent to an activating group) is 1. The SMILES string of the molecule is CC1CCC(F)C2CC(C(=O)NC3CCCC(N4CCN(C)CC4C)C3)NC12. The molecular formula is C22H39FN4O. The zero-order valence-electron chi connectivity index (χ0n) is 17.9. The van der Waals surface area contributed by atoms with Gasteiger partial charge in [0.15, 0.2) is 0 Å². The Hall–Kier alpha value is -0.720. The summed E-state index contributed by atoms with van der Waals surface area (Å²) in [5.41, 5.74) is 0. The fourth-order valence-corrected chi connectivity index (χ4v) is 6.39. The van der Waals surface area contributed by atoms with Gasteiger partial charge in [0.1, 0.15) is 6.17 Å². The van der Waals surface area contributed by atoms with Crippen molar-refractivity contribution in [1.29, 1.82) is 0 Å². The van der Waals surface area contributed by atoms with Gasteiger partial charge in [0.05, 0.1) is 6.04 Å². The summed E-state index contributed by atoms with van der Waals surface area (Å²) in [6.07, 6.45) is 6.06. The second kappa shape index (κ2) is 8.57. The number of hydrogen-bond acceptors (Lipinski definition) is 4. The normalized spacial score (nSPS) is 45.6. The Balaban J connectivity index is 1.31. The number of nitrogens with one attached hydrogen (secondary N) is 2. The number of hydrogen-bond donors (Lipinski definition) is 2. The predicted octanol–water partition coefficient (Wildman–Crippen LogP) is 2.16. The van der Waals surface area contributed by atoms with Crippen molar-refractivity contribution >= 4 is 5.91 Å². The van der Waals surface area contributed by atoms with Crippen molar-refractivity contribution in [3.05, 3.63) is 0 Å². The molecule has 0 spiro atoms. The zero-order valence-corrected chi connectivity index (χ0v) is 17.9. The predicted molar refractivity (Wildman–Crippen MR) is 110 cm³/mol. The molecule has 6 heteroatoms. The van der Waals surface area contributed by atoms with Gasteiger partial charge < -0.3 is 15.5 Å². The van der Waals surface area contributed by atoms with Crippen LogP contribution in [0.4, 0.5) is 4.39 Å². The summed E-state index contributed by atoms with van der Waals surface area (Å²) in [7, 11) is 2.20. The zero-order chi connectivity index (χ0) is 19.8. The minimum Gasteiger partial charge on any atom is -0.352 e. The molecule has 4 aliphatic rings. The summed E-state index contributed by atoms with van der Waals surface area (Å²) < 4.78 is 14.3. The van der Waals surface area contributed by atoms with Gasteiger partial charge in [-0.3, -0.25) is 9.69 Å². The Labute approximate surface area is 169 Å². The summed E-state index contributed by atoms with van der Waals surface area (Å²) in [6, 6.07) is 1.39. The van der Waals surface area contributed by atoms with Gasteiger partial charge in [-0.2, -0.15) is 0 Å². The number of alkyl halides is 1. The minimum atomic E-state index is -0.746. The monoisotopic (exact) mass is 394 g/mol. The van der Waals surface area contributed by atoms with Crippen LogP contribution in [-0.4, -0.2) is 78.8 Å². The van der Waals surface area contributed by atoms with E-state index in [1.807, 2.05) is 0 Å². The highest BCUT2D eigenvalue weighted by Crippen LogP contribution is 2.38. The van der Waals surface area contributed by atoms with E-state index in [9.17, 15) is 9.18 Å². The molecule has 0 bridgehead atoms. The van der Waals surface area contributed by atoms with E-state index in [1.165, 1.54) is 12.8 Å². The lowest BCUT2D eigenvalue weighted by molar-refractivity contribution is -0.124. The van der Waals surface area contributed by atoms with Crippen LogP contribution in [0.15, 0.2) is 0 Å². The van der Waals surface area contributed by atoms with E-state index in [1.54, 1.807) is 0 Å². The first kappa shape index (κ1) is 20.5. The van der Waals surface area contributed by atoms with E-state index in [0.717, 1.165) is 38.9 Å². The summed E-state index contributed by atoms with van der Waals surface area (Å²) in [5.74, 6) is 0.586. The highest BCUT2D eigenvalue weighted by Gasteiger charge is 2.46. The first-order chi connectivity index (χ1) is 13.4. The molecule has 160 valence electrons. The third-order valence-corrected chi connectivity index (χ3v) is 8.00. The second-order valence-corrected chi connectivity index (χ2v) is 10.1. The van der Waals surface area contributed by atoms with Crippen LogP contribution < -0.4 is 10.6 Å².